The number of aryl methyl sites for hydroxylation is 1. The zero-order valence-corrected chi connectivity index (χ0v) is 10.9. The van der Waals surface area contributed by atoms with Crippen molar-refractivity contribution in [3.8, 4) is 0 Å². The number of hydrogen-bond donors (Lipinski definition) is 1. The first-order valence-electron chi connectivity index (χ1n) is 5.01. The third kappa shape index (κ3) is 2.48. The van der Waals surface area contributed by atoms with Crippen LogP contribution in [0.2, 0.25) is 0 Å². The van der Waals surface area contributed by atoms with Gasteiger partial charge in [-0.25, -0.2) is 18.2 Å². The van der Waals surface area contributed by atoms with E-state index in [1.165, 1.54) is 6.20 Å². The van der Waals surface area contributed by atoms with Gasteiger partial charge in [0.25, 0.3) is 0 Å². The Morgan fingerprint density at radius 2 is 1.89 bits per heavy atom. The molecule has 0 aliphatic heterocycles. The van der Waals surface area contributed by atoms with Crippen LogP contribution in [0, 0.1) is 24.4 Å². The van der Waals surface area contributed by atoms with E-state index in [2.05, 4.69) is 26.2 Å². The first-order chi connectivity index (χ1) is 8.49. The van der Waals surface area contributed by atoms with Gasteiger partial charge in [-0.2, -0.15) is 0 Å². The summed E-state index contributed by atoms with van der Waals surface area (Å²) in [4.78, 5) is 3.99. The van der Waals surface area contributed by atoms with Crippen molar-refractivity contribution < 1.29 is 13.2 Å². The summed E-state index contributed by atoms with van der Waals surface area (Å²) in [6, 6.07) is 3.63. The molecule has 0 amide bonds. The lowest BCUT2D eigenvalue weighted by Crippen LogP contribution is -2.00. The maximum Gasteiger partial charge on any atom is 0.196 e. The molecule has 1 aromatic heterocycles. The number of halogens is 4. The van der Waals surface area contributed by atoms with Crippen molar-refractivity contribution in [2.24, 2.45) is 0 Å². The molecule has 0 aliphatic rings. The maximum atomic E-state index is 13.4. The number of benzene rings is 1. The lowest BCUT2D eigenvalue weighted by molar-refractivity contribution is 0.449. The smallest absolute Gasteiger partial charge is 0.196 e. The fourth-order valence-corrected chi connectivity index (χ4v) is 1.58. The van der Waals surface area contributed by atoms with Gasteiger partial charge in [-0.05, 0) is 46.6 Å². The van der Waals surface area contributed by atoms with Crippen LogP contribution in [-0.2, 0) is 0 Å². The van der Waals surface area contributed by atoms with Crippen LogP contribution in [0.1, 0.15) is 5.56 Å². The Hall–Kier alpha value is -1.56. The first-order valence-corrected chi connectivity index (χ1v) is 5.81. The molecule has 0 bridgehead atoms. The predicted octanol–water partition coefficient (Wildman–Crippen LogP) is 4.31. The number of rotatable bonds is 2. The molecule has 0 aliphatic carbocycles. The molecular weight excluding hydrogens is 309 g/mol. The highest BCUT2D eigenvalue weighted by Crippen LogP contribution is 2.24. The lowest BCUT2D eigenvalue weighted by Gasteiger charge is -2.08. The minimum absolute atomic E-state index is 0.164. The Bertz CT molecular complexity index is 602. The molecule has 18 heavy (non-hydrogen) atoms. The SMILES string of the molecule is Cc1cc(Nc2ccc(F)c(F)c2F)ncc1Br. The summed E-state index contributed by atoms with van der Waals surface area (Å²) in [5.74, 6) is -3.65. The molecule has 0 atom stereocenters. The maximum absolute atomic E-state index is 13.4. The molecule has 2 aromatic rings. The first kappa shape index (κ1) is 12.9. The quantitative estimate of drug-likeness (QED) is 0.835. The zero-order chi connectivity index (χ0) is 13.3. The van der Waals surface area contributed by atoms with E-state index in [4.69, 9.17) is 0 Å². The zero-order valence-electron chi connectivity index (χ0n) is 9.27. The number of anilines is 2. The highest BCUT2D eigenvalue weighted by Gasteiger charge is 2.13. The Labute approximate surface area is 110 Å². The summed E-state index contributed by atoms with van der Waals surface area (Å²) in [5.41, 5.74) is 0.721. The third-order valence-corrected chi connectivity index (χ3v) is 3.18. The second-order valence-corrected chi connectivity index (χ2v) is 4.52. The van der Waals surface area contributed by atoms with Gasteiger partial charge in [-0.15, -0.1) is 0 Å². The molecule has 2 nitrogen and oxygen atoms in total. The van der Waals surface area contributed by atoms with Crippen molar-refractivity contribution in [2.45, 2.75) is 6.92 Å². The molecular formula is C12H8BrF3N2. The fraction of sp³-hybridized carbons (Fsp3) is 0.0833. The van der Waals surface area contributed by atoms with Crippen LogP contribution in [0.15, 0.2) is 28.9 Å². The molecule has 0 radical (unpaired) electrons. The van der Waals surface area contributed by atoms with Crippen molar-refractivity contribution in [2.75, 3.05) is 5.32 Å². The molecule has 2 rings (SSSR count). The second kappa shape index (κ2) is 4.97. The van der Waals surface area contributed by atoms with Gasteiger partial charge in [0.15, 0.2) is 17.5 Å². The average molecular weight is 317 g/mol. The minimum atomic E-state index is -1.51. The van der Waals surface area contributed by atoms with Crippen LogP contribution in [0.25, 0.3) is 0 Å². The van der Waals surface area contributed by atoms with Gasteiger partial charge in [0, 0.05) is 10.7 Å². The predicted molar refractivity (Wildman–Crippen MR) is 66.3 cm³/mol. The van der Waals surface area contributed by atoms with Gasteiger partial charge in [0.2, 0.25) is 0 Å². The molecule has 1 heterocycles. The lowest BCUT2D eigenvalue weighted by atomic mass is 10.2. The minimum Gasteiger partial charge on any atom is -0.338 e. The molecule has 94 valence electrons. The summed E-state index contributed by atoms with van der Waals surface area (Å²) in [6.07, 6.45) is 1.54. The molecule has 1 N–H and O–H groups in total. The molecule has 0 fully saturated rings. The topological polar surface area (TPSA) is 24.9 Å². The largest absolute Gasteiger partial charge is 0.338 e. The van der Waals surface area contributed by atoms with Gasteiger partial charge in [0.1, 0.15) is 5.82 Å². The van der Waals surface area contributed by atoms with Crippen LogP contribution >= 0.6 is 15.9 Å². The van der Waals surface area contributed by atoms with Gasteiger partial charge in [0.05, 0.1) is 5.69 Å². The van der Waals surface area contributed by atoms with E-state index in [0.717, 1.165) is 22.2 Å². The second-order valence-electron chi connectivity index (χ2n) is 3.67. The normalized spacial score (nSPS) is 10.5. The number of nitrogens with zero attached hydrogens (tertiary/aromatic N) is 1. The van der Waals surface area contributed by atoms with Crippen molar-refractivity contribution in [1.82, 2.24) is 4.98 Å². The number of nitrogens with one attached hydrogen (secondary N) is 1. The van der Waals surface area contributed by atoms with E-state index in [1.54, 1.807) is 6.07 Å². The summed E-state index contributed by atoms with van der Waals surface area (Å²) in [7, 11) is 0. The van der Waals surface area contributed by atoms with Crippen LogP contribution in [0.3, 0.4) is 0 Å². The van der Waals surface area contributed by atoms with Gasteiger partial charge in [-0.1, -0.05) is 0 Å². The molecule has 0 saturated heterocycles. The van der Waals surface area contributed by atoms with E-state index in [1.807, 2.05) is 6.92 Å². The van der Waals surface area contributed by atoms with Crippen molar-refractivity contribution in [3.63, 3.8) is 0 Å². The molecule has 0 saturated carbocycles. The highest BCUT2D eigenvalue weighted by molar-refractivity contribution is 9.10. The van der Waals surface area contributed by atoms with Gasteiger partial charge < -0.3 is 5.32 Å². The monoisotopic (exact) mass is 316 g/mol. The summed E-state index contributed by atoms with van der Waals surface area (Å²) < 4.78 is 40.0. The van der Waals surface area contributed by atoms with Gasteiger partial charge >= 0.3 is 0 Å². The number of pyridine rings is 1. The molecule has 0 unspecified atom stereocenters. The van der Waals surface area contributed by atoms with Crippen molar-refractivity contribution in [1.29, 1.82) is 0 Å². The van der Waals surface area contributed by atoms with Crippen molar-refractivity contribution >= 4 is 27.4 Å². The average Bonchev–Trinajstić information content (AvgIpc) is 2.34. The van der Waals surface area contributed by atoms with E-state index in [9.17, 15) is 13.2 Å². The molecule has 6 heteroatoms. The Morgan fingerprint density at radius 1 is 1.17 bits per heavy atom. The van der Waals surface area contributed by atoms with Gasteiger partial charge in [-0.3, -0.25) is 0 Å². The highest BCUT2D eigenvalue weighted by atomic mass is 79.9. The standard InChI is InChI=1S/C12H8BrF3N2/c1-6-4-10(17-5-7(6)13)18-9-3-2-8(14)11(15)12(9)16/h2-5H,1H3,(H,17,18). The number of hydrogen-bond acceptors (Lipinski definition) is 2. The molecule has 0 spiro atoms. The fourth-order valence-electron chi connectivity index (χ4n) is 1.37. The Morgan fingerprint density at radius 3 is 2.56 bits per heavy atom. The molecule has 1 aromatic carbocycles. The van der Waals surface area contributed by atoms with Crippen molar-refractivity contribution in [3.05, 3.63) is 51.9 Å². The third-order valence-electron chi connectivity index (χ3n) is 2.34. The van der Waals surface area contributed by atoms with Crippen LogP contribution in [0.4, 0.5) is 24.7 Å². The summed E-state index contributed by atoms with van der Waals surface area (Å²) in [5, 5.41) is 2.59. The van der Waals surface area contributed by atoms with E-state index in [0.29, 0.717) is 5.82 Å². The van der Waals surface area contributed by atoms with E-state index >= 15 is 0 Å². The summed E-state index contributed by atoms with van der Waals surface area (Å²) >= 11 is 3.28. The Balaban J connectivity index is 2.34. The van der Waals surface area contributed by atoms with Crippen LogP contribution in [-0.4, -0.2) is 4.98 Å². The number of aromatic nitrogens is 1. The van der Waals surface area contributed by atoms with E-state index in [-0.39, 0.29) is 5.69 Å². The van der Waals surface area contributed by atoms with Crippen LogP contribution in [0.5, 0.6) is 0 Å². The van der Waals surface area contributed by atoms with E-state index < -0.39 is 17.5 Å². The van der Waals surface area contributed by atoms with Crippen LogP contribution < -0.4 is 5.32 Å². The Kier molecular flexibility index (Phi) is 3.56. The summed E-state index contributed by atoms with van der Waals surface area (Å²) in [6.45, 7) is 1.83.